The van der Waals surface area contributed by atoms with Gasteiger partial charge in [-0.25, -0.2) is 8.42 Å². The molecule has 1 saturated carbocycles. The molecule has 7 heteroatoms. The molecule has 0 saturated heterocycles. The van der Waals surface area contributed by atoms with E-state index in [0.29, 0.717) is 22.9 Å². The minimum absolute atomic E-state index is 0.0488. The lowest BCUT2D eigenvalue weighted by Gasteiger charge is -2.29. The number of amides is 1. The smallest absolute Gasteiger partial charge is 0.261 e. The zero-order chi connectivity index (χ0) is 20.1. The van der Waals surface area contributed by atoms with Crippen LogP contribution in [0.15, 0.2) is 53.4 Å². The van der Waals surface area contributed by atoms with Crippen LogP contribution in [0.1, 0.15) is 43.0 Å². The molecule has 2 N–H and O–H groups in total. The first-order chi connectivity index (χ1) is 13.4. The predicted molar refractivity (Wildman–Crippen MR) is 109 cm³/mol. The zero-order valence-electron chi connectivity index (χ0n) is 16.1. The van der Waals surface area contributed by atoms with Crippen molar-refractivity contribution >= 4 is 21.6 Å². The number of ether oxygens (including phenoxy) is 1. The monoisotopic (exact) mass is 402 g/mol. The summed E-state index contributed by atoms with van der Waals surface area (Å²) < 4.78 is 33.0. The van der Waals surface area contributed by atoms with E-state index < -0.39 is 10.0 Å². The van der Waals surface area contributed by atoms with Gasteiger partial charge in [-0.15, -0.1) is 0 Å². The number of hydrogen-bond acceptors (Lipinski definition) is 4. The van der Waals surface area contributed by atoms with Crippen molar-refractivity contribution in [2.45, 2.75) is 43.5 Å². The van der Waals surface area contributed by atoms with Gasteiger partial charge in [0.25, 0.3) is 15.9 Å². The fourth-order valence-corrected chi connectivity index (χ4v) is 4.56. The van der Waals surface area contributed by atoms with Gasteiger partial charge in [-0.2, -0.15) is 0 Å². The van der Waals surface area contributed by atoms with E-state index >= 15 is 0 Å². The lowest BCUT2D eigenvalue weighted by Crippen LogP contribution is -2.41. The second kappa shape index (κ2) is 8.65. The molecule has 0 heterocycles. The van der Waals surface area contributed by atoms with Gasteiger partial charge in [0.15, 0.2) is 0 Å². The number of methoxy groups -OCH3 is 1. The number of benzene rings is 2. The maximum atomic E-state index is 12.7. The summed E-state index contributed by atoms with van der Waals surface area (Å²) in [6, 6.07) is 12.8. The third-order valence-corrected chi connectivity index (χ3v) is 6.56. The Hall–Kier alpha value is -2.54. The van der Waals surface area contributed by atoms with Crippen molar-refractivity contribution in [2.24, 2.45) is 5.92 Å². The molecular formula is C21H26N2O4S. The molecule has 0 radical (unpaired) electrons. The normalized spacial score (nSPS) is 19.6. The number of sulfonamides is 1. The van der Waals surface area contributed by atoms with E-state index in [2.05, 4.69) is 17.0 Å². The number of hydrogen-bond donors (Lipinski definition) is 2. The molecule has 6 nitrogen and oxygen atoms in total. The Balaban J connectivity index is 1.74. The Morgan fingerprint density at radius 3 is 2.46 bits per heavy atom. The molecule has 1 aliphatic rings. The van der Waals surface area contributed by atoms with Crippen LogP contribution in [0.4, 0.5) is 5.69 Å². The highest BCUT2D eigenvalue weighted by Crippen LogP contribution is 2.24. The van der Waals surface area contributed by atoms with Crippen LogP contribution in [0, 0.1) is 5.92 Å². The van der Waals surface area contributed by atoms with Crippen LogP contribution in [0.2, 0.25) is 0 Å². The molecule has 1 fully saturated rings. The molecule has 0 bridgehead atoms. The van der Waals surface area contributed by atoms with Crippen LogP contribution in [0.25, 0.3) is 0 Å². The van der Waals surface area contributed by atoms with Crippen molar-refractivity contribution in [1.82, 2.24) is 5.32 Å². The maximum Gasteiger partial charge on any atom is 0.261 e. The van der Waals surface area contributed by atoms with E-state index in [1.54, 1.807) is 43.5 Å². The van der Waals surface area contributed by atoms with Gasteiger partial charge in [-0.05, 0) is 61.2 Å². The van der Waals surface area contributed by atoms with Crippen LogP contribution >= 0.6 is 0 Å². The van der Waals surface area contributed by atoms with Crippen LogP contribution in [0.5, 0.6) is 5.75 Å². The molecule has 0 spiro atoms. The van der Waals surface area contributed by atoms with E-state index in [9.17, 15) is 13.2 Å². The van der Waals surface area contributed by atoms with Crippen LogP contribution < -0.4 is 14.8 Å². The quantitative estimate of drug-likeness (QED) is 0.770. The van der Waals surface area contributed by atoms with Gasteiger partial charge in [0.2, 0.25) is 0 Å². The largest absolute Gasteiger partial charge is 0.497 e. The van der Waals surface area contributed by atoms with Crippen LogP contribution in [0.3, 0.4) is 0 Å². The predicted octanol–water partition coefficient (Wildman–Crippen LogP) is 3.80. The van der Waals surface area contributed by atoms with Crippen molar-refractivity contribution in [1.29, 1.82) is 0 Å². The second-order valence-corrected chi connectivity index (χ2v) is 8.89. The summed E-state index contributed by atoms with van der Waals surface area (Å²) in [5.41, 5.74) is 0.766. The van der Waals surface area contributed by atoms with E-state index in [1.807, 2.05) is 0 Å². The highest BCUT2D eigenvalue weighted by molar-refractivity contribution is 7.92. The standard InChI is InChI=1S/C21H26N2O4S/c1-15-6-3-4-9-20(15)22-21(24)16-7-5-8-19(14-16)28(25,26)23-17-10-12-18(27-2)13-11-17/h5,7-8,10-15,20,23H,3-4,6,9H2,1-2H3,(H,22,24)/t15-,20+/m0/s1. The highest BCUT2D eigenvalue weighted by atomic mass is 32.2. The molecular weight excluding hydrogens is 376 g/mol. The first-order valence-electron chi connectivity index (χ1n) is 9.47. The Bertz CT molecular complexity index is 926. The third kappa shape index (κ3) is 4.84. The Morgan fingerprint density at radius 1 is 1.07 bits per heavy atom. The molecule has 1 amide bonds. The molecule has 0 unspecified atom stereocenters. The fraction of sp³-hybridized carbons (Fsp3) is 0.381. The Morgan fingerprint density at radius 2 is 1.79 bits per heavy atom. The van der Waals surface area contributed by atoms with Crippen molar-refractivity contribution < 1.29 is 17.9 Å². The summed E-state index contributed by atoms with van der Waals surface area (Å²) in [4.78, 5) is 12.7. The zero-order valence-corrected chi connectivity index (χ0v) is 17.0. The first-order valence-corrected chi connectivity index (χ1v) is 10.9. The average Bonchev–Trinajstić information content (AvgIpc) is 2.70. The highest BCUT2D eigenvalue weighted by Gasteiger charge is 2.24. The van der Waals surface area contributed by atoms with Gasteiger partial charge in [-0.1, -0.05) is 25.8 Å². The van der Waals surface area contributed by atoms with Crippen molar-refractivity contribution in [3.8, 4) is 5.75 Å². The molecule has 0 aliphatic heterocycles. The first kappa shape index (κ1) is 20.2. The topological polar surface area (TPSA) is 84.5 Å². The lowest BCUT2D eigenvalue weighted by atomic mass is 9.86. The number of carbonyl (C=O) groups is 1. The summed E-state index contributed by atoms with van der Waals surface area (Å²) in [5.74, 6) is 0.833. The van der Waals surface area contributed by atoms with Gasteiger partial charge < -0.3 is 10.1 Å². The van der Waals surface area contributed by atoms with Crippen molar-refractivity contribution in [3.05, 3.63) is 54.1 Å². The molecule has 1 aliphatic carbocycles. The van der Waals surface area contributed by atoms with E-state index in [1.165, 1.54) is 18.6 Å². The van der Waals surface area contributed by atoms with Crippen LogP contribution in [-0.2, 0) is 10.0 Å². The molecule has 2 atom stereocenters. The number of anilines is 1. The molecule has 150 valence electrons. The number of nitrogens with one attached hydrogen (secondary N) is 2. The SMILES string of the molecule is COc1ccc(NS(=O)(=O)c2cccc(C(=O)N[C@@H]3CCCC[C@@H]3C)c2)cc1. The summed E-state index contributed by atoms with van der Waals surface area (Å²) in [5, 5.41) is 3.06. The third-order valence-electron chi connectivity index (χ3n) is 5.18. The van der Waals surface area contributed by atoms with E-state index in [0.717, 1.165) is 19.3 Å². The molecule has 0 aromatic heterocycles. The second-order valence-electron chi connectivity index (χ2n) is 7.20. The Kier molecular flexibility index (Phi) is 6.24. The van der Waals surface area contributed by atoms with Gasteiger partial charge in [0, 0.05) is 17.3 Å². The van der Waals surface area contributed by atoms with Gasteiger partial charge in [0.05, 0.1) is 12.0 Å². The summed E-state index contributed by atoms with van der Waals surface area (Å²) >= 11 is 0. The average molecular weight is 403 g/mol. The summed E-state index contributed by atoms with van der Waals surface area (Å²) in [6.45, 7) is 2.14. The number of carbonyl (C=O) groups excluding carboxylic acids is 1. The van der Waals surface area contributed by atoms with E-state index in [4.69, 9.17) is 4.74 Å². The summed E-state index contributed by atoms with van der Waals surface area (Å²) in [6.07, 6.45) is 4.36. The van der Waals surface area contributed by atoms with E-state index in [-0.39, 0.29) is 16.8 Å². The van der Waals surface area contributed by atoms with Crippen LogP contribution in [-0.4, -0.2) is 27.5 Å². The Labute approximate surface area is 166 Å². The van der Waals surface area contributed by atoms with Gasteiger partial charge in [-0.3, -0.25) is 9.52 Å². The van der Waals surface area contributed by atoms with Gasteiger partial charge >= 0.3 is 0 Å². The van der Waals surface area contributed by atoms with Gasteiger partial charge in [0.1, 0.15) is 5.75 Å². The van der Waals surface area contributed by atoms with Crippen molar-refractivity contribution in [3.63, 3.8) is 0 Å². The lowest BCUT2D eigenvalue weighted by molar-refractivity contribution is 0.0910. The fourth-order valence-electron chi connectivity index (χ4n) is 3.46. The van der Waals surface area contributed by atoms with Crippen molar-refractivity contribution in [2.75, 3.05) is 11.8 Å². The minimum Gasteiger partial charge on any atom is -0.497 e. The molecule has 2 aromatic rings. The maximum absolute atomic E-state index is 12.7. The molecule has 28 heavy (non-hydrogen) atoms. The molecule has 2 aromatic carbocycles. The number of rotatable bonds is 6. The summed E-state index contributed by atoms with van der Waals surface area (Å²) in [7, 11) is -2.26. The minimum atomic E-state index is -3.80. The molecule has 3 rings (SSSR count).